The molecule has 7 heteroatoms. The van der Waals surface area contributed by atoms with Gasteiger partial charge >= 0.3 is 0 Å². The molecule has 0 saturated heterocycles. The minimum atomic E-state index is -0.401. The molecule has 2 aromatic rings. The molecule has 1 unspecified atom stereocenters. The lowest BCUT2D eigenvalue weighted by Gasteiger charge is -2.06. The molecule has 2 N–H and O–H groups in total. The Morgan fingerprint density at radius 3 is 2.95 bits per heavy atom. The summed E-state index contributed by atoms with van der Waals surface area (Å²) in [5, 5.41) is 4.47. The summed E-state index contributed by atoms with van der Waals surface area (Å²) in [7, 11) is 0. The Bertz CT molecular complexity index is 556. The van der Waals surface area contributed by atoms with E-state index in [-0.39, 0.29) is 0 Å². The van der Waals surface area contributed by atoms with Gasteiger partial charge in [-0.2, -0.15) is 4.98 Å². The van der Waals surface area contributed by atoms with Crippen LogP contribution < -0.4 is 5.73 Å². The van der Waals surface area contributed by atoms with Crippen LogP contribution in [0.1, 0.15) is 25.2 Å². The summed E-state index contributed by atoms with van der Waals surface area (Å²) in [5.41, 5.74) is 6.68. The molecule has 0 spiro atoms. The van der Waals surface area contributed by atoms with E-state index in [2.05, 4.69) is 26.1 Å². The fourth-order valence-corrected chi connectivity index (χ4v) is 2.47. The van der Waals surface area contributed by atoms with E-state index < -0.39 is 6.04 Å². The summed E-state index contributed by atoms with van der Waals surface area (Å²) in [6.45, 7) is 3.07. The lowest BCUT2D eigenvalue weighted by Crippen LogP contribution is -2.18. The second-order valence-electron chi connectivity index (χ2n) is 4.30. The molecule has 0 fully saturated rings. The highest BCUT2D eigenvalue weighted by molar-refractivity contribution is 9.10. The molecule has 1 aromatic heterocycles. The van der Waals surface area contributed by atoms with Crippen LogP contribution in [0.3, 0.4) is 0 Å². The Hall–Kier alpha value is -0.950. The van der Waals surface area contributed by atoms with Gasteiger partial charge in [0, 0.05) is 21.7 Å². The number of nitrogens with two attached hydrogens (primary N) is 1. The Morgan fingerprint density at radius 1 is 1.45 bits per heavy atom. The molecule has 108 valence electrons. The molecule has 1 heterocycles. The number of halogens is 2. The van der Waals surface area contributed by atoms with E-state index in [4.69, 9.17) is 26.6 Å². The molecule has 0 aliphatic heterocycles. The van der Waals surface area contributed by atoms with Crippen molar-refractivity contribution in [3.63, 3.8) is 0 Å². The highest BCUT2D eigenvalue weighted by atomic mass is 79.9. The first-order valence-electron chi connectivity index (χ1n) is 6.23. The SMILES string of the molecule is CCCOCC(N)c1noc(-c2cc(Cl)cc(Br)c2)n1. The van der Waals surface area contributed by atoms with E-state index in [0.29, 0.717) is 30.0 Å². The Balaban J connectivity index is 2.11. The minimum Gasteiger partial charge on any atom is -0.379 e. The normalized spacial score (nSPS) is 12.6. The van der Waals surface area contributed by atoms with E-state index in [1.807, 2.05) is 13.0 Å². The van der Waals surface area contributed by atoms with E-state index in [1.165, 1.54) is 0 Å². The number of ether oxygens (including phenoxy) is 1. The van der Waals surface area contributed by atoms with Crippen LogP contribution in [-0.2, 0) is 4.74 Å². The lowest BCUT2D eigenvalue weighted by atomic mass is 10.2. The van der Waals surface area contributed by atoms with Gasteiger partial charge in [0.15, 0.2) is 5.82 Å². The average molecular weight is 361 g/mol. The van der Waals surface area contributed by atoms with Gasteiger partial charge in [-0.15, -0.1) is 0 Å². The predicted molar refractivity (Wildman–Crippen MR) is 80.5 cm³/mol. The molecule has 0 aliphatic rings. The zero-order valence-corrected chi connectivity index (χ0v) is 13.3. The maximum Gasteiger partial charge on any atom is 0.258 e. The van der Waals surface area contributed by atoms with Crippen LogP contribution in [-0.4, -0.2) is 23.4 Å². The van der Waals surface area contributed by atoms with Crippen LogP contribution in [0.5, 0.6) is 0 Å². The van der Waals surface area contributed by atoms with E-state index in [0.717, 1.165) is 16.5 Å². The quantitative estimate of drug-likeness (QED) is 0.797. The summed E-state index contributed by atoms with van der Waals surface area (Å²) in [6.07, 6.45) is 0.945. The molecule has 0 aliphatic carbocycles. The van der Waals surface area contributed by atoms with Crippen LogP contribution in [0.4, 0.5) is 0 Å². The largest absolute Gasteiger partial charge is 0.379 e. The maximum absolute atomic E-state index is 5.99. The highest BCUT2D eigenvalue weighted by Crippen LogP contribution is 2.26. The number of benzene rings is 1. The molecule has 1 atom stereocenters. The summed E-state index contributed by atoms with van der Waals surface area (Å²) in [5.74, 6) is 0.807. The van der Waals surface area contributed by atoms with Gasteiger partial charge in [-0.1, -0.05) is 39.6 Å². The van der Waals surface area contributed by atoms with Crippen LogP contribution >= 0.6 is 27.5 Å². The second kappa shape index (κ2) is 7.17. The number of nitrogens with zero attached hydrogens (tertiary/aromatic N) is 2. The molecular formula is C13H15BrClN3O2. The lowest BCUT2D eigenvalue weighted by molar-refractivity contribution is 0.119. The highest BCUT2D eigenvalue weighted by Gasteiger charge is 2.16. The van der Waals surface area contributed by atoms with Crippen molar-refractivity contribution in [3.05, 3.63) is 33.5 Å². The third kappa shape index (κ3) is 4.02. The van der Waals surface area contributed by atoms with Crippen molar-refractivity contribution in [2.75, 3.05) is 13.2 Å². The van der Waals surface area contributed by atoms with Crippen LogP contribution in [0.25, 0.3) is 11.5 Å². The monoisotopic (exact) mass is 359 g/mol. The second-order valence-corrected chi connectivity index (χ2v) is 5.65. The Morgan fingerprint density at radius 2 is 2.25 bits per heavy atom. The molecule has 2 rings (SSSR count). The predicted octanol–water partition coefficient (Wildman–Crippen LogP) is 3.58. The average Bonchev–Trinajstić information content (AvgIpc) is 2.87. The van der Waals surface area contributed by atoms with Crippen molar-refractivity contribution >= 4 is 27.5 Å². The first kappa shape index (κ1) is 15.4. The van der Waals surface area contributed by atoms with Crippen molar-refractivity contribution in [1.29, 1.82) is 0 Å². The fraction of sp³-hybridized carbons (Fsp3) is 0.385. The van der Waals surface area contributed by atoms with Crippen LogP contribution in [0.2, 0.25) is 5.02 Å². The van der Waals surface area contributed by atoms with Gasteiger partial charge in [0.25, 0.3) is 5.89 Å². The first-order chi connectivity index (χ1) is 9.60. The third-order valence-corrected chi connectivity index (χ3v) is 3.20. The smallest absolute Gasteiger partial charge is 0.258 e. The van der Waals surface area contributed by atoms with Crippen molar-refractivity contribution in [3.8, 4) is 11.5 Å². The molecule has 0 saturated carbocycles. The van der Waals surface area contributed by atoms with Crippen LogP contribution in [0, 0.1) is 0 Å². The number of rotatable bonds is 6. The van der Waals surface area contributed by atoms with E-state index >= 15 is 0 Å². The van der Waals surface area contributed by atoms with Crippen molar-refractivity contribution in [2.45, 2.75) is 19.4 Å². The molecule has 5 nitrogen and oxygen atoms in total. The van der Waals surface area contributed by atoms with Gasteiger partial charge in [0.2, 0.25) is 0 Å². The number of hydrogen-bond acceptors (Lipinski definition) is 5. The fourth-order valence-electron chi connectivity index (χ4n) is 1.61. The number of hydrogen-bond donors (Lipinski definition) is 1. The zero-order valence-electron chi connectivity index (χ0n) is 11.0. The topological polar surface area (TPSA) is 74.2 Å². The molecule has 1 aromatic carbocycles. The van der Waals surface area contributed by atoms with Gasteiger partial charge in [-0.3, -0.25) is 0 Å². The van der Waals surface area contributed by atoms with Gasteiger partial charge in [-0.25, -0.2) is 0 Å². The van der Waals surface area contributed by atoms with Crippen molar-refractivity contribution < 1.29 is 9.26 Å². The van der Waals surface area contributed by atoms with Crippen molar-refractivity contribution in [2.24, 2.45) is 5.73 Å². The molecule has 0 bridgehead atoms. The van der Waals surface area contributed by atoms with Gasteiger partial charge in [-0.05, 0) is 24.6 Å². The van der Waals surface area contributed by atoms with E-state index in [1.54, 1.807) is 12.1 Å². The standard InChI is InChI=1S/C13H15BrClN3O2/c1-2-3-19-7-11(16)12-17-13(20-18-12)8-4-9(14)6-10(15)5-8/h4-6,11H,2-3,7,16H2,1H3. The molecule has 0 amide bonds. The third-order valence-electron chi connectivity index (χ3n) is 2.53. The van der Waals surface area contributed by atoms with Gasteiger partial charge in [0.05, 0.1) is 12.6 Å². The molecule has 0 radical (unpaired) electrons. The summed E-state index contributed by atoms with van der Waals surface area (Å²) in [4.78, 5) is 4.28. The molecular weight excluding hydrogens is 346 g/mol. The van der Waals surface area contributed by atoms with Crippen LogP contribution in [0.15, 0.2) is 27.2 Å². The van der Waals surface area contributed by atoms with E-state index in [9.17, 15) is 0 Å². The van der Waals surface area contributed by atoms with Gasteiger partial charge in [0.1, 0.15) is 0 Å². The minimum absolute atomic E-state index is 0.367. The van der Waals surface area contributed by atoms with Crippen molar-refractivity contribution in [1.82, 2.24) is 10.1 Å². The summed E-state index contributed by atoms with van der Waals surface area (Å²) in [6, 6.07) is 4.99. The Kier molecular flexibility index (Phi) is 5.54. The van der Waals surface area contributed by atoms with Gasteiger partial charge < -0.3 is 15.0 Å². The summed E-state index contributed by atoms with van der Waals surface area (Å²) < 4.78 is 11.4. The molecule has 20 heavy (non-hydrogen) atoms. The maximum atomic E-state index is 5.99. The first-order valence-corrected chi connectivity index (χ1v) is 7.40. The zero-order chi connectivity index (χ0) is 14.5. The Labute approximate surface area is 130 Å². The number of aromatic nitrogens is 2. The summed E-state index contributed by atoms with van der Waals surface area (Å²) >= 11 is 9.36.